The van der Waals surface area contributed by atoms with Crippen LogP contribution in [0.5, 0.6) is 5.75 Å². The van der Waals surface area contributed by atoms with Gasteiger partial charge in [-0.25, -0.2) is 9.38 Å². The van der Waals surface area contributed by atoms with E-state index in [0.29, 0.717) is 39.5 Å². The first-order valence-electron chi connectivity index (χ1n) is 10.4. The van der Waals surface area contributed by atoms with Gasteiger partial charge < -0.3 is 30.9 Å². The van der Waals surface area contributed by atoms with E-state index in [1.54, 1.807) is 29.2 Å². The zero-order valence-corrected chi connectivity index (χ0v) is 20.5. The summed E-state index contributed by atoms with van der Waals surface area (Å²) in [7, 11) is 3.62. The maximum Gasteiger partial charge on any atom is 0.247 e. The van der Waals surface area contributed by atoms with Crippen molar-refractivity contribution in [1.82, 2.24) is 10.2 Å². The number of halogens is 2. The van der Waals surface area contributed by atoms with Crippen LogP contribution >= 0.6 is 15.9 Å². The summed E-state index contributed by atoms with van der Waals surface area (Å²) in [4.78, 5) is 30.0. The first-order chi connectivity index (χ1) is 16.3. The topological polar surface area (TPSA) is 107 Å². The smallest absolute Gasteiger partial charge is 0.247 e. The molecule has 2 aromatic rings. The number of benzene rings is 2. The minimum Gasteiger partial charge on any atom is -0.489 e. The third kappa shape index (κ3) is 6.78. The predicted octanol–water partition coefficient (Wildman–Crippen LogP) is 3.01. The van der Waals surface area contributed by atoms with Crippen LogP contribution in [0.2, 0.25) is 0 Å². The highest BCUT2D eigenvalue weighted by Gasteiger charge is 2.20. The number of fused-ring (bicyclic) bond motifs is 1. The van der Waals surface area contributed by atoms with E-state index < -0.39 is 11.7 Å². The number of nitrogens with zero attached hydrogens (tertiary/aromatic N) is 2. The van der Waals surface area contributed by atoms with Gasteiger partial charge in [-0.05, 0) is 44.4 Å². The van der Waals surface area contributed by atoms with Gasteiger partial charge in [0.15, 0.2) is 0 Å². The van der Waals surface area contributed by atoms with Gasteiger partial charge in [-0.3, -0.25) is 9.59 Å². The van der Waals surface area contributed by atoms with Crippen molar-refractivity contribution >= 4 is 50.6 Å². The Balaban J connectivity index is 1.80. The van der Waals surface area contributed by atoms with Gasteiger partial charge >= 0.3 is 0 Å². The summed E-state index contributed by atoms with van der Waals surface area (Å²) in [5.74, 6) is -0.134. The van der Waals surface area contributed by atoms with Crippen LogP contribution in [0.1, 0.15) is 5.56 Å². The average molecular weight is 533 g/mol. The molecule has 4 N–H and O–H groups in total. The minimum absolute atomic E-state index is 0.118. The van der Waals surface area contributed by atoms with Gasteiger partial charge in [0, 0.05) is 16.1 Å². The molecule has 0 unspecified atom stereocenters. The van der Waals surface area contributed by atoms with Crippen LogP contribution in [-0.2, 0) is 9.59 Å². The highest BCUT2D eigenvalue weighted by molar-refractivity contribution is 9.10. The molecule has 3 rings (SSSR count). The van der Waals surface area contributed by atoms with Gasteiger partial charge in [0.25, 0.3) is 0 Å². The minimum atomic E-state index is -0.436. The molecule has 0 fully saturated rings. The Morgan fingerprint density at radius 1 is 1.29 bits per heavy atom. The molecule has 0 spiro atoms. The molecule has 0 aliphatic carbocycles. The molecule has 0 saturated heterocycles. The van der Waals surface area contributed by atoms with Crippen LogP contribution in [0.3, 0.4) is 0 Å². The van der Waals surface area contributed by atoms with E-state index in [1.807, 2.05) is 14.1 Å². The van der Waals surface area contributed by atoms with Gasteiger partial charge in [-0.1, -0.05) is 22.5 Å². The molecule has 0 bridgehead atoms. The molecule has 1 aliphatic heterocycles. The Kier molecular flexibility index (Phi) is 8.61. The summed E-state index contributed by atoms with van der Waals surface area (Å²) in [5.41, 5.74) is 1.97. The lowest BCUT2D eigenvalue weighted by atomic mass is 10.1. The predicted molar refractivity (Wildman–Crippen MR) is 135 cm³/mol. The standard InChI is InChI=1S/C23H26BrFN6O3/c1-4-21(32)29-19-10-15-18(11-20(19)34-8-7-26-22(33)12-31(2)3)27-13-28-23(15)30-17-6-5-14(24)9-16(17)25/h4-6,9-11,27H,1,7-8,12-13H2,2-3H3,(H,26,33)(H,28,30)(H,29,32). The fourth-order valence-electron chi connectivity index (χ4n) is 3.13. The molecule has 0 aromatic heterocycles. The van der Waals surface area contributed by atoms with Gasteiger partial charge in [0.1, 0.15) is 30.7 Å². The number of aliphatic imine (C=N–C) groups is 1. The van der Waals surface area contributed by atoms with Crippen molar-refractivity contribution in [2.75, 3.05) is 56.4 Å². The molecule has 2 amide bonds. The van der Waals surface area contributed by atoms with Crippen molar-refractivity contribution in [2.45, 2.75) is 0 Å². The maximum absolute atomic E-state index is 14.4. The Bertz CT molecular complexity index is 1120. The van der Waals surface area contributed by atoms with Crippen molar-refractivity contribution in [3.8, 4) is 5.75 Å². The summed E-state index contributed by atoms with van der Waals surface area (Å²) in [5, 5.41) is 11.7. The van der Waals surface area contributed by atoms with Gasteiger partial charge in [-0.15, -0.1) is 0 Å². The summed E-state index contributed by atoms with van der Waals surface area (Å²) >= 11 is 3.24. The number of carbonyl (C=O) groups is 2. The van der Waals surface area contributed by atoms with E-state index in [0.717, 1.165) is 6.08 Å². The van der Waals surface area contributed by atoms with E-state index in [2.05, 4.69) is 48.8 Å². The second-order valence-electron chi connectivity index (χ2n) is 7.61. The van der Waals surface area contributed by atoms with Crippen LogP contribution in [0.15, 0.2) is 52.5 Å². The zero-order valence-electron chi connectivity index (χ0n) is 18.9. The zero-order chi connectivity index (χ0) is 24.7. The summed E-state index contributed by atoms with van der Waals surface area (Å²) in [6.45, 7) is 4.51. The number of amides is 2. The first kappa shape index (κ1) is 25.2. The normalized spacial score (nSPS) is 12.2. The number of nitrogens with one attached hydrogen (secondary N) is 4. The second kappa shape index (κ2) is 11.6. The Morgan fingerprint density at radius 3 is 2.79 bits per heavy atom. The fourth-order valence-corrected chi connectivity index (χ4v) is 3.46. The van der Waals surface area contributed by atoms with Gasteiger partial charge in [0.05, 0.1) is 30.2 Å². The molecule has 9 nitrogen and oxygen atoms in total. The van der Waals surface area contributed by atoms with Crippen molar-refractivity contribution in [3.63, 3.8) is 0 Å². The molecular formula is C23H26BrFN6O3. The number of ether oxygens (including phenoxy) is 1. The lowest BCUT2D eigenvalue weighted by Crippen LogP contribution is -2.35. The van der Waals surface area contributed by atoms with Gasteiger partial charge in [-0.2, -0.15) is 0 Å². The van der Waals surface area contributed by atoms with Gasteiger partial charge in [0.2, 0.25) is 11.8 Å². The van der Waals surface area contributed by atoms with E-state index in [1.165, 1.54) is 6.07 Å². The van der Waals surface area contributed by atoms with E-state index in [-0.39, 0.29) is 31.4 Å². The SMILES string of the molecule is C=CC(=O)Nc1cc2c(cc1OCCNC(=O)CN(C)C)NCN=C2Nc1ccc(Br)cc1F. The number of hydrogen-bond acceptors (Lipinski definition) is 7. The maximum atomic E-state index is 14.4. The lowest BCUT2D eigenvalue weighted by Gasteiger charge is -2.23. The molecule has 1 aliphatic rings. The number of rotatable bonds is 9. The Hall–Kier alpha value is -3.44. The number of likely N-dealkylation sites (N-methyl/N-ethyl adjacent to an activating group) is 1. The molecule has 11 heteroatoms. The number of hydrogen-bond donors (Lipinski definition) is 4. The van der Waals surface area contributed by atoms with E-state index >= 15 is 0 Å². The molecule has 0 atom stereocenters. The van der Waals surface area contributed by atoms with Crippen LogP contribution < -0.4 is 26.0 Å². The molecule has 0 radical (unpaired) electrons. The second-order valence-corrected chi connectivity index (χ2v) is 8.53. The van der Waals surface area contributed by atoms with Crippen molar-refractivity contribution in [3.05, 3.63) is 58.8 Å². The highest BCUT2D eigenvalue weighted by atomic mass is 79.9. The van der Waals surface area contributed by atoms with E-state index in [4.69, 9.17) is 4.74 Å². The third-order valence-corrected chi connectivity index (χ3v) is 5.14. The summed E-state index contributed by atoms with van der Waals surface area (Å²) in [6.07, 6.45) is 1.15. The van der Waals surface area contributed by atoms with Crippen LogP contribution in [0, 0.1) is 5.82 Å². The van der Waals surface area contributed by atoms with Crippen molar-refractivity contribution in [1.29, 1.82) is 0 Å². The molecular weight excluding hydrogens is 507 g/mol. The molecule has 34 heavy (non-hydrogen) atoms. The van der Waals surface area contributed by atoms with Crippen molar-refractivity contribution < 1.29 is 18.7 Å². The first-order valence-corrected chi connectivity index (χ1v) is 11.2. The largest absolute Gasteiger partial charge is 0.489 e. The monoisotopic (exact) mass is 532 g/mol. The number of carbonyl (C=O) groups excluding carboxylic acids is 2. The van der Waals surface area contributed by atoms with Crippen LogP contribution in [0.25, 0.3) is 0 Å². The molecule has 180 valence electrons. The van der Waals surface area contributed by atoms with Crippen LogP contribution in [0.4, 0.5) is 21.5 Å². The summed E-state index contributed by atoms with van der Waals surface area (Å²) in [6, 6.07) is 8.09. The Morgan fingerprint density at radius 2 is 2.09 bits per heavy atom. The highest BCUT2D eigenvalue weighted by Crippen LogP contribution is 2.34. The number of amidine groups is 1. The summed E-state index contributed by atoms with van der Waals surface area (Å²) < 4.78 is 20.8. The lowest BCUT2D eigenvalue weighted by molar-refractivity contribution is -0.121. The fraction of sp³-hybridized carbons (Fsp3) is 0.261. The molecule has 1 heterocycles. The number of anilines is 3. The van der Waals surface area contributed by atoms with Crippen molar-refractivity contribution in [2.24, 2.45) is 4.99 Å². The Labute approximate surface area is 205 Å². The third-order valence-electron chi connectivity index (χ3n) is 4.65. The molecule has 0 saturated carbocycles. The van der Waals surface area contributed by atoms with E-state index in [9.17, 15) is 14.0 Å². The molecule has 2 aromatic carbocycles. The van der Waals surface area contributed by atoms with Crippen LogP contribution in [-0.4, -0.2) is 63.0 Å². The average Bonchev–Trinajstić information content (AvgIpc) is 2.78. The quantitative estimate of drug-likeness (QED) is 0.292.